The Balaban J connectivity index is 2.29. The molecule has 0 radical (unpaired) electrons. The topological polar surface area (TPSA) is 51.2 Å². The van der Waals surface area contributed by atoms with Gasteiger partial charge in [-0.15, -0.1) is 0 Å². The summed E-state index contributed by atoms with van der Waals surface area (Å²) in [6, 6.07) is 3.56. The van der Waals surface area contributed by atoms with Gasteiger partial charge in [0.15, 0.2) is 5.78 Å². The minimum Gasteiger partial charge on any atom is -0.494 e. The average molecular weight is 234 g/mol. The molecular formula is C13H18N2O2. The number of ether oxygens (including phenoxy) is 1. The normalized spacial score (nSPS) is 18.7. The number of nitrogens with one attached hydrogen (secondary N) is 1. The van der Waals surface area contributed by atoms with E-state index in [0.29, 0.717) is 11.4 Å². The van der Waals surface area contributed by atoms with E-state index in [-0.39, 0.29) is 11.2 Å². The Kier molecular flexibility index (Phi) is 3.43. The lowest BCUT2D eigenvalue weighted by atomic mass is 9.76. The quantitative estimate of drug-likeness (QED) is 0.808. The van der Waals surface area contributed by atoms with Crippen LogP contribution >= 0.6 is 0 Å². The summed E-state index contributed by atoms with van der Waals surface area (Å²) in [6.07, 6.45) is 3.34. The van der Waals surface area contributed by atoms with E-state index in [2.05, 4.69) is 10.3 Å². The molecule has 1 aromatic heterocycles. The number of hydrogen-bond acceptors (Lipinski definition) is 4. The first-order valence-electron chi connectivity index (χ1n) is 5.92. The second kappa shape index (κ2) is 4.84. The van der Waals surface area contributed by atoms with Crippen LogP contribution in [0.3, 0.4) is 0 Å². The molecule has 1 aliphatic heterocycles. The maximum absolute atomic E-state index is 12.5. The molecule has 0 bridgehead atoms. The number of pyridine rings is 1. The van der Waals surface area contributed by atoms with Crippen molar-refractivity contribution in [1.82, 2.24) is 10.3 Å². The Morgan fingerprint density at radius 3 is 2.82 bits per heavy atom. The molecule has 0 amide bonds. The average Bonchev–Trinajstić information content (AvgIpc) is 2.38. The summed E-state index contributed by atoms with van der Waals surface area (Å²) in [4.78, 5) is 16.7. The number of hydrogen-bond donors (Lipinski definition) is 1. The molecule has 1 fully saturated rings. The predicted molar refractivity (Wildman–Crippen MR) is 65.3 cm³/mol. The second-order valence-electron chi connectivity index (χ2n) is 4.69. The van der Waals surface area contributed by atoms with Crippen molar-refractivity contribution in [3.05, 3.63) is 24.0 Å². The monoisotopic (exact) mass is 234 g/mol. The number of carbonyl (C=O) groups is 1. The molecule has 92 valence electrons. The standard InChI is InChI=1S/C13H18N2O2/c1-13(5-8-14-9-6-13)12(16)11-10(17-2)4-3-7-15-11/h3-4,7,14H,5-6,8-9H2,1-2H3. The van der Waals surface area contributed by atoms with Crippen LogP contribution in [-0.2, 0) is 0 Å². The summed E-state index contributed by atoms with van der Waals surface area (Å²) < 4.78 is 5.20. The lowest BCUT2D eigenvalue weighted by molar-refractivity contribution is 0.0753. The molecule has 1 saturated heterocycles. The van der Waals surface area contributed by atoms with Gasteiger partial charge in [-0.3, -0.25) is 4.79 Å². The van der Waals surface area contributed by atoms with Gasteiger partial charge in [-0.2, -0.15) is 0 Å². The van der Waals surface area contributed by atoms with Crippen LogP contribution in [-0.4, -0.2) is 31.0 Å². The molecule has 1 aromatic rings. The van der Waals surface area contributed by atoms with Crippen LogP contribution in [0.4, 0.5) is 0 Å². The van der Waals surface area contributed by atoms with E-state index >= 15 is 0 Å². The molecule has 1 N–H and O–H groups in total. The van der Waals surface area contributed by atoms with Gasteiger partial charge in [-0.1, -0.05) is 6.92 Å². The summed E-state index contributed by atoms with van der Waals surface area (Å²) in [5.74, 6) is 0.661. The van der Waals surface area contributed by atoms with E-state index in [4.69, 9.17) is 4.74 Å². The fourth-order valence-electron chi connectivity index (χ4n) is 2.22. The molecule has 1 aliphatic rings. The predicted octanol–water partition coefficient (Wildman–Crippen LogP) is 1.66. The first-order chi connectivity index (χ1) is 8.17. The smallest absolute Gasteiger partial charge is 0.190 e. The summed E-state index contributed by atoms with van der Waals surface area (Å²) >= 11 is 0. The summed E-state index contributed by atoms with van der Waals surface area (Å²) in [7, 11) is 1.57. The van der Waals surface area contributed by atoms with Gasteiger partial charge in [0.1, 0.15) is 11.4 Å². The second-order valence-corrected chi connectivity index (χ2v) is 4.69. The number of Topliss-reactive ketones (excluding diaryl/α,β-unsaturated/α-hetero) is 1. The van der Waals surface area contributed by atoms with Gasteiger partial charge in [0.25, 0.3) is 0 Å². The highest BCUT2D eigenvalue weighted by atomic mass is 16.5. The molecule has 0 saturated carbocycles. The number of aromatic nitrogens is 1. The number of rotatable bonds is 3. The first-order valence-corrected chi connectivity index (χ1v) is 5.92. The van der Waals surface area contributed by atoms with Crippen LogP contribution in [0, 0.1) is 5.41 Å². The van der Waals surface area contributed by atoms with Crippen molar-refractivity contribution in [1.29, 1.82) is 0 Å². The van der Waals surface area contributed by atoms with Gasteiger partial charge >= 0.3 is 0 Å². The van der Waals surface area contributed by atoms with E-state index in [1.54, 1.807) is 25.4 Å². The molecule has 2 heterocycles. The number of carbonyl (C=O) groups excluding carboxylic acids is 1. The molecule has 4 nitrogen and oxygen atoms in total. The Hall–Kier alpha value is -1.42. The van der Waals surface area contributed by atoms with Crippen LogP contribution in [0.15, 0.2) is 18.3 Å². The zero-order valence-electron chi connectivity index (χ0n) is 10.3. The molecule has 4 heteroatoms. The first kappa shape index (κ1) is 12.0. The number of nitrogens with zero attached hydrogens (tertiary/aromatic N) is 1. The van der Waals surface area contributed by atoms with Crippen LogP contribution in [0.25, 0.3) is 0 Å². The lowest BCUT2D eigenvalue weighted by Crippen LogP contribution is -2.40. The van der Waals surface area contributed by atoms with Gasteiger partial charge in [0, 0.05) is 11.6 Å². The molecule has 0 unspecified atom stereocenters. The van der Waals surface area contributed by atoms with E-state index < -0.39 is 0 Å². The molecule has 17 heavy (non-hydrogen) atoms. The van der Waals surface area contributed by atoms with Crippen molar-refractivity contribution in [3.8, 4) is 5.75 Å². The van der Waals surface area contributed by atoms with Gasteiger partial charge in [-0.25, -0.2) is 4.98 Å². The zero-order chi connectivity index (χ0) is 12.3. The Bertz CT molecular complexity index is 412. The molecule has 2 rings (SSSR count). The summed E-state index contributed by atoms with van der Waals surface area (Å²) in [5, 5.41) is 3.27. The van der Waals surface area contributed by atoms with Gasteiger partial charge in [-0.05, 0) is 38.1 Å². The van der Waals surface area contributed by atoms with E-state index in [1.807, 2.05) is 6.92 Å². The third-order valence-electron chi connectivity index (χ3n) is 3.46. The van der Waals surface area contributed by atoms with Crippen molar-refractivity contribution in [2.75, 3.05) is 20.2 Å². The minimum absolute atomic E-state index is 0.0939. The Morgan fingerprint density at radius 1 is 1.47 bits per heavy atom. The van der Waals surface area contributed by atoms with Crippen LogP contribution in [0.2, 0.25) is 0 Å². The maximum Gasteiger partial charge on any atom is 0.190 e. The summed E-state index contributed by atoms with van der Waals surface area (Å²) in [6.45, 7) is 3.79. The van der Waals surface area contributed by atoms with E-state index in [9.17, 15) is 4.79 Å². The number of ketones is 1. The minimum atomic E-state index is -0.313. The molecule has 0 aromatic carbocycles. The highest BCUT2D eigenvalue weighted by molar-refractivity contribution is 6.00. The molecule has 0 atom stereocenters. The lowest BCUT2D eigenvalue weighted by Gasteiger charge is -2.32. The Labute approximate surface area is 101 Å². The molecule has 0 aliphatic carbocycles. The molecular weight excluding hydrogens is 216 g/mol. The van der Waals surface area contributed by atoms with Crippen molar-refractivity contribution >= 4 is 5.78 Å². The van der Waals surface area contributed by atoms with Crippen LogP contribution in [0.5, 0.6) is 5.75 Å². The van der Waals surface area contributed by atoms with Crippen LogP contribution < -0.4 is 10.1 Å². The van der Waals surface area contributed by atoms with Crippen molar-refractivity contribution in [2.45, 2.75) is 19.8 Å². The third-order valence-corrected chi connectivity index (χ3v) is 3.46. The zero-order valence-corrected chi connectivity index (χ0v) is 10.3. The maximum atomic E-state index is 12.5. The highest BCUT2D eigenvalue weighted by Gasteiger charge is 2.37. The Morgan fingerprint density at radius 2 is 2.18 bits per heavy atom. The van der Waals surface area contributed by atoms with E-state index in [0.717, 1.165) is 25.9 Å². The third kappa shape index (κ3) is 2.31. The van der Waals surface area contributed by atoms with Gasteiger partial charge in [0.2, 0.25) is 0 Å². The SMILES string of the molecule is COc1cccnc1C(=O)C1(C)CCNCC1. The van der Waals surface area contributed by atoms with Crippen molar-refractivity contribution in [2.24, 2.45) is 5.41 Å². The largest absolute Gasteiger partial charge is 0.494 e. The number of piperidine rings is 1. The fourth-order valence-corrected chi connectivity index (χ4v) is 2.22. The highest BCUT2D eigenvalue weighted by Crippen LogP contribution is 2.33. The summed E-state index contributed by atoms with van der Waals surface area (Å²) in [5.41, 5.74) is 0.145. The number of methoxy groups -OCH3 is 1. The van der Waals surface area contributed by atoms with Gasteiger partial charge in [0.05, 0.1) is 7.11 Å². The van der Waals surface area contributed by atoms with Crippen molar-refractivity contribution < 1.29 is 9.53 Å². The van der Waals surface area contributed by atoms with E-state index in [1.165, 1.54) is 0 Å². The van der Waals surface area contributed by atoms with Crippen molar-refractivity contribution in [3.63, 3.8) is 0 Å². The van der Waals surface area contributed by atoms with Gasteiger partial charge < -0.3 is 10.1 Å². The molecule has 0 spiro atoms. The fraction of sp³-hybridized carbons (Fsp3) is 0.538. The van der Waals surface area contributed by atoms with Crippen LogP contribution in [0.1, 0.15) is 30.3 Å².